The Balaban J connectivity index is 1.66. The van der Waals surface area contributed by atoms with E-state index in [0.29, 0.717) is 48.5 Å². The molecule has 29 heavy (non-hydrogen) atoms. The van der Waals surface area contributed by atoms with Crippen LogP contribution >= 0.6 is 0 Å². The van der Waals surface area contributed by atoms with Gasteiger partial charge in [-0.15, -0.1) is 0 Å². The Labute approximate surface area is 169 Å². The van der Waals surface area contributed by atoms with Crippen LogP contribution in [0.2, 0.25) is 0 Å². The summed E-state index contributed by atoms with van der Waals surface area (Å²) in [5.74, 6) is 2.20. The van der Waals surface area contributed by atoms with Crippen LogP contribution in [0.3, 0.4) is 0 Å². The van der Waals surface area contributed by atoms with Crippen LogP contribution in [0.5, 0.6) is 17.4 Å². The van der Waals surface area contributed by atoms with E-state index in [9.17, 15) is 4.79 Å². The summed E-state index contributed by atoms with van der Waals surface area (Å²) in [6, 6.07) is 13.0. The Kier molecular flexibility index (Phi) is 5.74. The van der Waals surface area contributed by atoms with E-state index in [2.05, 4.69) is 10.1 Å². The largest absolute Gasteiger partial charge is 0.490 e. The van der Waals surface area contributed by atoms with Gasteiger partial charge in [0.05, 0.1) is 13.2 Å². The second-order valence-corrected chi connectivity index (χ2v) is 6.98. The molecule has 0 atom stereocenters. The zero-order valence-corrected chi connectivity index (χ0v) is 16.3. The molecule has 7 nitrogen and oxygen atoms in total. The first kappa shape index (κ1) is 19.0. The molecule has 150 valence electrons. The number of nitrogens with zero attached hydrogens (tertiary/aromatic N) is 3. The van der Waals surface area contributed by atoms with Crippen molar-refractivity contribution in [2.75, 3.05) is 13.2 Å². The molecule has 0 bridgehead atoms. The van der Waals surface area contributed by atoms with Gasteiger partial charge < -0.3 is 18.9 Å². The molecule has 0 fully saturated rings. The van der Waals surface area contributed by atoms with E-state index in [0.717, 1.165) is 24.8 Å². The summed E-state index contributed by atoms with van der Waals surface area (Å²) in [5, 5.41) is 3.89. The Hall–Kier alpha value is -3.35. The number of ether oxygens (including phenoxy) is 2. The van der Waals surface area contributed by atoms with Crippen molar-refractivity contribution in [3.8, 4) is 17.4 Å². The average molecular weight is 393 g/mol. The molecule has 7 heteroatoms. The first-order valence-corrected chi connectivity index (χ1v) is 9.77. The molecule has 0 saturated carbocycles. The quantitative estimate of drug-likeness (QED) is 0.611. The van der Waals surface area contributed by atoms with Gasteiger partial charge in [0.15, 0.2) is 17.2 Å². The fourth-order valence-corrected chi connectivity index (χ4v) is 3.25. The van der Waals surface area contributed by atoms with Gasteiger partial charge in [0.25, 0.3) is 5.91 Å². The summed E-state index contributed by atoms with van der Waals surface area (Å²) in [5.41, 5.74) is 1.13. The van der Waals surface area contributed by atoms with E-state index in [1.807, 2.05) is 36.4 Å². The topological polar surface area (TPSA) is 77.7 Å². The Morgan fingerprint density at radius 1 is 1.07 bits per heavy atom. The first-order valence-electron chi connectivity index (χ1n) is 9.77. The van der Waals surface area contributed by atoms with Crippen LogP contribution in [-0.2, 0) is 6.54 Å². The molecule has 0 spiro atoms. The van der Waals surface area contributed by atoms with Crippen LogP contribution in [0.4, 0.5) is 0 Å². The van der Waals surface area contributed by atoms with Crippen molar-refractivity contribution in [2.45, 2.75) is 32.7 Å². The number of benzene rings is 1. The van der Waals surface area contributed by atoms with Crippen molar-refractivity contribution in [1.82, 2.24) is 15.0 Å². The van der Waals surface area contributed by atoms with Crippen LogP contribution in [0, 0.1) is 6.92 Å². The minimum atomic E-state index is -0.164. The third kappa shape index (κ3) is 4.56. The molecule has 1 aliphatic heterocycles. The molecule has 2 aromatic heterocycles. The van der Waals surface area contributed by atoms with Crippen LogP contribution in [0.1, 0.15) is 41.1 Å². The number of fused-ring (bicyclic) bond motifs is 2. The predicted molar refractivity (Wildman–Crippen MR) is 106 cm³/mol. The van der Waals surface area contributed by atoms with Gasteiger partial charge in [-0.25, -0.2) is 4.98 Å². The lowest BCUT2D eigenvalue weighted by Gasteiger charge is -2.22. The molecule has 1 amide bonds. The maximum atomic E-state index is 13.0. The summed E-state index contributed by atoms with van der Waals surface area (Å²) in [4.78, 5) is 19.2. The van der Waals surface area contributed by atoms with Gasteiger partial charge in [-0.1, -0.05) is 23.4 Å². The summed E-state index contributed by atoms with van der Waals surface area (Å²) in [6.07, 6.45) is 4.38. The average Bonchev–Trinajstić information content (AvgIpc) is 3.17. The Morgan fingerprint density at radius 2 is 1.93 bits per heavy atom. The van der Waals surface area contributed by atoms with E-state index in [1.165, 1.54) is 0 Å². The molecule has 1 aliphatic rings. The zero-order valence-electron chi connectivity index (χ0n) is 16.3. The molecule has 3 aromatic rings. The van der Waals surface area contributed by atoms with Crippen LogP contribution in [-0.4, -0.2) is 34.1 Å². The van der Waals surface area contributed by atoms with Gasteiger partial charge in [0, 0.05) is 24.4 Å². The number of aryl methyl sites for hydroxylation is 1. The number of hydrogen-bond donors (Lipinski definition) is 0. The standard InChI is InChI=1S/C22H23N3O4/c1-16-14-18(24-29-16)22(26)25-12-5-2-6-13-27-19-9-3-4-10-20(19)28-21-17(15-25)8-7-11-23-21/h3-4,7-11,14H,2,5-6,12-13,15H2,1H3. The highest BCUT2D eigenvalue weighted by Gasteiger charge is 2.22. The molecule has 4 rings (SSSR count). The van der Waals surface area contributed by atoms with Crippen LogP contribution in [0.15, 0.2) is 53.2 Å². The highest BCUT2D eigenvalue weighted by atomic mass is 16.5. The third-order valence-electron chi connectivity index (χ3n) is 4.73. The summed E-state index contributed by atoms with van der Waals surface area (Å²) in [7, 11) is 0. The van der Waals surface area contributed by atoms with E-state index in [4.69, 9.17) is 14.0 Å². The maximum absolute atomic E-state index is 13.0. The normalized spacial score (nSPS) is 14.9. The number of carbonyl (C=O) groups excluding carboxylic acids is 1. The van der Waals surface area contributed by atoms with Crippen molar-refractivity contribution in [1.29, 1.82) is 0 Å². The number of amides is 1. The lowest BCUT2D eigenvalue weighted by atomic mass is 10.2. The van der Waals surface area contributed by atoms with E-state index >= 15 is 0 Å². The van der Waals surface area contributed by atoms with Crippen molar-refractivity contribution < 1.29 is 18.8 Å². The number of carbonyl (C=O) groups is 1. The molecular formula is C22H23N3O4. The summed E-state index contributed by atoms with van der Waals surface area (Å²) in [6.45, 7) is 3.34. The van der Waals surface area contributed by atoms with Gasteiger partial charge in [-0.05, 0) is 44.4 Å². The lowest BCUT2D eigenvalue weighted by Crippen LogP contribution is -2.32. The van der Waals surface area contributed by atoms with Gasteiger partial charge in [-0.3, -0.25) is 4.79 Å². The van der Waals surface area contributed by atoms with E-state index < -0.39 is 0 Å². The van der Waals surface area contributed by atoms with Crippen molar-refractivity contribution >= 4 is 5.91 Å². The number of rotatable bonds is 1. The van der Waals surface area contributed by atoms with Crippen LogP contribution < -0.4 is 9.47 Å². The van der Waals surface area contributed by atoms with E-state index in [-0.39, 0.29) is 5.91 Å². The number of hydrogen-bond acceptors (Lipinski definition) is 6. The zero-order chi connectivity index (χ0) is 20.1. The molecular weight excluding hydrogens is 370 g/mol. The molecule has 0 radical (unpaired) electrons. The van der Waals surface area contributed by atoms with Gasteiger partial charge in [0.1, 0.15) is 5.76 Å². The van der Waals surface area contributed by atoms with Crippen LogP contribution in [0.25, 0.3) is 0 Å². The minimum Gasteiger partial charge on any atom is -0.490 e. The molecule has 0 N–H and O–H groups in total. The first-order chi connectivity index (χ1) is 14.2. The monoisotopic (exact) mass is 393 g/mol. The van der Waals surface area contributed by atoms with Gasteiger partial charge >= 0.3 is 0 Å². The number of aromatic nitrogens is 2. The van der Waals surface area contributed by atoms with E-state index in [1.54, 1.807) is 24.1 Å². The maximum Gasteiger partial charge on any atom is 0.276 e. The summed E-state index contributed by atoms with van der Waals surface area (Å²) < 4.78 is 17.1. The lowest BCUT2D eigenvalue weighted by molar-refractivity contribution is 0.0728. The fraction of sp³-hybridized carbons (Fsp3) is 0.318. The highest BCUT2D eigenvalue weighted by molar-refractivity contribution is 5.92. The molecule has 0 aliphatic carbocycles. The molecule has 0 saturated heterocycles. The van der Waals surface area contributed by atoms with Crippen molar-refractivity contribution in [3.05, 3.63) is 65.7 Å². The predicted octanol–water partition coefficient (Wildman–Crippen LogP) is 4.38. The van der Waals surface area contributed by atoms with Crippen molar-refractivity contribution in [2.24, 2.45) is 0 Å². The fourth-order valence-electron chi connectivity index (χ4n) is 3.25. The Morgan fingerprint density at radius 3 is 2.76 bits per heavy atom. The third-order valence-corrected chi connectivity index (χ3v) is 4.73. The Bertz CT molecular complexity index is 985. The highest BCUT2D eigenvalue weighted by Crippen LogP contribution is 2.32. The molecule has 1 aromatic carbocycles. The SMILES string of the molecule is Cc1cc(C(=O)N2CCCCCOc3ccccc3Oc3ncccc3C2)no1. The minimum absolute atomic E-state index is 0.164. The van der Waals surface area contributed by atoms with Crippen molar-refractivity contribution in [3.63, 3.8) is 0 Å². The summed E-state index contributed by atoms with van der Waals surface area (Å²) >= 11 is 0. The molecule has 3 heterocycles. The molecule has 0 unspecified atom stereocenters. The van der Waals surface area contributed by atoms with Gasteiger partial charge in [-0.2, -0.15) is 0 Å². The number of para-hydroxylation sites is 2. The smallest absolute Gasteiger partial charge is 0.276 e. The van der Waals surface area contributed by atoms with Gasteiger partial charge in [0.2, 0.25) is 5.88 Å². The number of pyridine rings is 1. The second-order valence-electron chi connectivity index (χ2n) is 6.98. The second kappa shape index (κ2) is 8.77.